The van der Waals surface area contributed by atoms with E-state index < -0.39 is 0 Å². The van der Waals surface area contributed by atoms with E-state index >= 15 is 0 Å². The molecule has 0 aromatic heterocycles. The van der Waals surface area contributed by atoms with Crippen LogP contribution in [-0.4, -0.2) is 37.5 Å². The molecular weight excluding hydrogens is 347 g/mol. The van der Waals surface area contributed by atoms with Gasteiger partial charge in [0.1, 0.15) is 6.61 Å². The van der Waals surface area contributed by atoms with Crippen LogP contribution in [0.1, 0.15) is 11.1 Å². The van der Waals surface area contributed by atoms with Crippen molar-refractivity contribution in [2.75, 3.05) is 18.1 Å². The number of hydrogen-bond donors (Lipinski definition) is 1. The standard InChI is InChI=1S/C15H18BBrN2O3/c1-11-4-14(17)15(5-12(11)8-22-10-21)19-3-2-16(9-18)6-13(19)7-20/h4-5,10,13,20H,2-3,6-8H2,1H3. The monoisotopic (exact) mass is 364 g/mol. The number of anilines is 1. The molecule has 0 aliphatic carbocycles. The number of hydrogen-bond acceptors (Lipinski definition) is 5. The molecule has 0 bridgehead atoms. The molecule has 1 heterocycles. The largest absolute Gasteiger partial charge is 0.463 e. The van der Waals surface area contributed by atoms with Crippen LogP contribution in [0.4, 0.5) is 5.69 Å². The summed E-state index contributed by atoms with van der Waals surface area (Å²) in [6, 6.07) is 3.90. The van der Waals surface area contributed by atoms with Crippen molar-refractivity contribution in [2.24, 2.45) is 0 Å². The number of aliphatic hydroxyl groups is 1. The van der Waals surface area contributed by atoms with Crippen molar-refractivity contribution >= 4 is 34.8 Å². The maximum atomic E-state index is 10.4. The highest BCUT2D eigenvalue weighted by Gasteiger charge is 2.31. The van der Waals surface area contributed by atoms with Gasteiger partial charge in [0.25, 0.3) is 13.2 Å². The first-order valence-corrected chi connectivity index (χ1v) is 8.01. The van der Waals surface area contributed by atoms with E-state index in [4.69, 9.17) is 10.00 Å². The Balaban J connectivity index is 2.30. The van der Waals surface area contributed by atoms with Gasteiger partial charge in [-0.3, -0.25) is 4.79 Å². The third kappa shape index (κ3) is 3.62. The molecule has 1 atom stereocenters. The average Bonchev–Trinajstić information content (AvgIpc) is 2.53. The number of carbonyl (C=O) groups is 1. The highest BCUT2D eigenvalue weighted by Crippen LogP contribution is 2.34. The topological polar surface area (TPSA) is 73.6 Å². The number of nitriles is 1. The summed E-state index contributed by atoms with van der Waals surface area (Å²) in [4.78, 5) is 12.5. The molecule has 1 aromatic carbocycles. The Hall–Kier alpha value is -1.52. The highest BCUT2D eigenvalue weighted by atomic mass is 79.9. The van der Waals surface area contributed by atoms with Crippen LogP contribution >= 0.6 is 15.9 Å². The van der Waals surface area contributed by atoms with E-state index in [1.54, 1.807) is 0 Å². The van der Waals surface area contributed by atoms with Crippen molar-refractivity contribution in [3.63, 3.8) is 0 Å². The lowest BCUT2D eigenvalue weighted by molar-refractivity contribution is -0.129. The molecule has 1 aromatic rings. The highest BCUT2D eigenvalue weighted by molar-refractivity contribution is 9.10. The molecule has 0 amide bonds. The summed E-state index contributed by atoms with van der Waals surface area (Å²) >= 11 is 3.58. The Kier molecular flexibility index (Phi) is 5.87. The quantitative estimate of drug-likeness (QED) is 0.640. The molecule has 5 nitrogen and oxygen atoms in total. The Morgan fingerprint density at radius 1 is 1.64 bits per heavy atom. The number of aliphatic hydroxyl groups excluding tert-OH is 1. The number of halogens is 1. The molecule has 1 unspecified atom stereocenters. The normalized spacial score (nSPS) is 18.0. The van der Waals surface area contributed by atoms with Gasteiger partial charge in [-0.15, -0.1) is 0 Å². The van der Waals surface area contributed by atoms with Crippen molar-refractivity contribution in [3.8, 4) is 5.97 Å². The summed E-state index contributed by atoms with van der Waals surface area (Å²) in [5.41, 5.74) is 2.93. The molecule has 22 heavy (non-hydrogen) atoms. The molecule has 0 saturated carbocycles. The molecule has 1 saturated heterocycles. The van der Waals surface area contributed by atoms with E-state index in [9.17, 15) is 9.90 Å². The summed E-state index contributed by atoms with van der Waals surface area (Å²) in [5, 5.41) is 18.7. The molecule has 7 heteroatoms. The minimum atomic E-state index is -0.0720. The first-order valence-electron chi connectivity index (χ1n) is 7.22. The molecule has 116 valence electrons. The smallest absolute Gasteiger partial charge is 0.293 e. The van der Waals surface area contributed by atoms with E-state index in [0.29, 0.717) is 12.8 Å². The molecule has 1 fully saturated rings. The van der Waals surface area contributed by atoms with Crippen LogP contribution in [0, 0.1) is 18.2 Å². The summed E-state index contributed by atoms with van der Waals surface area (Å²) < 4.78 is 5.80. The average molecular weight is 365 g/mol. The predicted octanol–water partition coefficient (Wildman–Crippen LogP) is 2.17. The molecule has 0 spiro atoms. The van der Waals surface area contributed by atoms with Crippen molar-refractivity contribution in [1.29, 1.82) is 5.26 Å². The maximum Gasteiger partial charge on any atom is 0.293 e. The van der Waals surface area contributed by atoms with Gasteiger partial charge in [0.2, 0.25) is 0 Å². The number of ether oxygens (including phenoxy) is 1. The molecule has 1 aliphatic heterocycles. The second kappa shape index (κ2) is 7.66. The minimum Gasteiger partial charge on any atom is -0.463 e. The van der Waals surface area contributed by atoms with Crippen LogP contribution in [-0.2, 0) is 16.1 Å². The third-order valence-electron chi connectivity index (χ3n) is 4.13. The minimum absolute atomic E-state index is 0.00418. The maximum absolute atomic E-state index is 10.4. The van der Waals surface area contributed by atoms with E-state index in [-0.39, 0.29) is 26.0 Å². The predicted molar refractivity (Wildman–Crippen MR) is 88.9 cm³/mol. The Morgan fingerprint density at radius 3 is 3.05 bits per heavy atom. The molecule has 0 radical (unpaired) electrons. The van der Waals surface area contributed by atoms with Gasteiger partial charge in [-0.05, 0) is 58.8 Å². The zero-order valence-corrected chi connectivity index (χ0v) is 14.0. The fourth-order valence-corrected chi connectivity index (χ4v) is 3.55. The fraction of sp³-hybridized carbons (Fsp3) is 0.467. The SMILES string of the molecule is Cc1cc(Br)c(N2CCB(C#N)CC2CO)cc1COC=O. The Morgan fingerprint density at radius 2 is 2.41 bits per heavy atom. The number of benzene rings is 1. The summed E-state index contributed by atoms with van der Waals surface area (Å²) in [6.45, 7) is 3.36. The van der Waals surface area contributed by atoms with Crippen LogP contribution in [0.15, 0.2) is 16.6 Å². The van der Waals surface area contributed by atoms with Gasteiger partial charge >= 0.3 is 0 Å². The van der Waals surface area contributed by atoms with Crippen LogP contribution in [0.5, 0.6) is 0 Å². The van der Waals surface area contributed by atoms with Crippen LogP contribution in [0.25, 0.3) is 0 Å². The van der Waals surface area contributed by atoms with Crippen molar-refractivity contribution in [2.45, 2.75) is 32.2 Å². The van der Waals surface area contributed by atoms with Gasteiger partial charge in [-0.1, -0.05) is 0 Å². The summed E-state index contributed by atoms with van der Waals surface area (Å²) in [7, 11) is 0. The molecular formula is C15H18BBrN2O3. The lowest BCUT2D eigenvalue weighted by atomic mass is 9.43. The van der Waals surface area contributed by atoms with Crippen LogP contribution in [0.3, 0.4) is 0 Å². The lowest BCUT2D eigenvalue weighted by Crippen LogP contribution is -2.47. The number of nitrogens with zero attached hydrogens (tertiary/aromatic N) is 2. The second-order valence-corrected chi connectivity index (χ2v) is 6.37. The second-order valence-electron chi connectivity index (χ2n) is 5.52. The summed E-state index contributed by atoms with van der Waals surface area (Å²) in [5.74, 6) is 2.29. The molecule has 2 rings (SSSR count). The van der Waals surface area contributed by atoms with Gasteiger partial charge in [-0.2, -0.15) is 0 Å². The first-order chi connectivity index (χ1) is 10.6. The van der Waals surface area contributed by atoms with Gasteiger partial charge in [0, 0.05) is 23.0 Å². The van der Waals surface area contributed by atoms with E-state index in [0.717, 1.165) is 34.2 Å². The van der Waals surface area contributed by atoms with Gasteiger partial charge in [0.05, 0.1) is 12.3 Å². The third-order valence-corrected chi connectivity index (χ3v) is 4.77. The fourth-order valence-electron chi connectivity index (χ4n) is 2.86. The van der Waals surface area contributed by atoms with Crippen molar-refractivity contribution < 1.29 is 14.6 Å². The Labute approximate surface area is 139 Å². The molecule has 1 N–H and O–H groups in total. The first kappa shape index (κ1) is 16.8. The van der Waals surface area contributed by atoms with Gasteiger partial charge < -0.3 is 14.7 Å². The number of carbonyl (C=O) groups excluding carboxylic acids is 1. The Bertz CT molecular complexity index is 591. The van der Waals surface area contributed by atoms with E-state index in [1.165, 1.54) is 0 Å². The van der Waals surface area contributed by atoms with Crippen LogP contribution in [0.2, 0.25) is 12.6 Å². The molecule has 1 aliphatic rings. The van der Waals surface area contributed by atoms with Crippen molar-refractivity contribution in [1.82, 2.24) is 0 Å². The van der Waals surface area contributed by atoms with Crippen molar-refractivity contribution in [3.05, 3.63) is 27.7 Å². The van der Waals surface area contributed by atoms with Crippen LogP contribution < -0.4 is 4.90 Å². The zero-order valence-electron chi connectivity index (χ0n) is 12.5. The lowest BCUT2D eigenvalue weighted by Gasteiger charge is -2.38. The number of aryl methyl sites for hydroxylation is 1. The van der Waals surface area contributed by atoms with E-state index in [1.807, 2.05) is 19.1 Å². The zero-order chi connectivity index (χ0) is 16.1. The van der Waals surface area contributed by atoms with Gasteiger partial charge in [0.15, 0.2) is 0 Å². The van der Waals surface area contributed by atoms with E-state index in [2.05, 4.69) is 26.8 Å². The van der Waals surface area contributed by atoms with Gasteiger partial charge in [-0.25, -0.2) is 5.26 Å². The summed E-state index contributed by atoms with van der Waals surface area (Å²) in [6.07, 6.45) is 1.45. The number of rotatable bonds is 5.